The van der Waals surface area contributed by atoms with E-state index >= 15 is 0 Å². The molecule has 0 bridgehead atoms. The summed E-state index contributed by atoms with van der Waals surface area (Å²) in [4.78, 5) is 4.31. The number of rotatable bonds is 2. The van der Waals surface area contributed by atoms with E-state index in [0.717, 1.165) is 42.6 Å². The maximum absolute atomic E-state index is 6.38. The van der Waals surface area contributed by atoms with Crippen molar-refractivity contribution in [2.45, 2.75) is 25.8 Å². The monoisotopic (exact) mass is 245 g/mol. The molecule has 1 unspecified atom stereocenters. The topological polar surface area (TPSA) is 64.1 Å². The van der Waals surface area contributed by atoms with Crippen LogP contribution in [0.3, 0.4) is 0 Å². The Morgan fingerprint density at radius 2 is 2.17 bits per heavy atom. The maximum atomic E-state index is 6.38. The summed E-state index contributed by atoms with van der Waals surface area (Å²) in [6.07, 6.45) is 2.29. The molecule has 0 aliphatic carbocycles. The van der Waals surface area contributed by atoms with Crippen molar-refractivity contribution in [3.05, 3.63) is 29.7 Å². The number of piperidine rings is 1. The first-order chi connectivity index (χ1) is 8.74. The zero-order valence-corrected chi connectivity index (χ0v) is 10.6. The number of nitrogens with two attached hydrogens (primary N) is 1. The summed E-state index contributed by atoms with van der Waals surface area (Å²) in [6, 6.07) is 6.23. The quantitative estimate of drug-likeness (QED) is 0.850. The lowest BCUT2D eigenvalue weighted by atomic mass is 9.86. The molecule has 3 N–H and O–H groups in total. The Morgan fingerprint density at radius 3 is 2.94 bits per heavy atom. The van der Waals surface area contributed by atoms with Crippen LogP contribution in [0, 0.1) is 12.8 Å². The predicted molar refractivity (Wildman–Crippen MR) is 71.3 cm³/mol. The molecule has 3 rings (SSSR count). The number of fused-ring (bicyclic) bond motifs is 1. The first-order valence-electron chi connectivity index (χ1n) is 6.57. The number of aromatic nitrogens is 1. The van der Waals surface area contributed by atoms with E-state index in [9.17, 15) is 0 Å². The summed E-state index contributed by atoms with van der Waals surface area (Å²) in [6.45, 7) is 4.01. The highest BCUT2D eigenvalue weighted by molar-refractivity contribution is 5.73. The molecule has 1 aromatic carbocycles. The molecular formula is C14H19N3O. The van der Waals surface area contributed by atoms with Crippen molar-refractivity contribution in [2.75, 3.05) is 13.1 Å². The van der Waals surface area contributed by atoms with Gasteiger partial charge in [-0.15, -0.1) is 0 Å². The van der Waals surface area contributed by atoms with Crippen molar-refractivity contribution in [2.24, 2.45) is 11.7 Å². The van der Waals surface area contributed by atoms with Crippen LogP contribution in [0.5, 0.6) is 0 Å². The fraction of sp³-hybridized carbons (Fsp3) is 0.500. The van der Waals surface area contributed by atoms with Gasteiger partial charge in [0.2, 0.25) is 0 Å². The van der Waals surface area contributed by atoms with Gasteiger partial charge in [-0.25, -0.2) is 4.98 Å². The van der Waals surface area contributed by atoms with Crippen LogP contribution in [0.4, 0.5) is 0 Å². The maximum Gasteiger partial charge on any atom is 0.192 e. The van der Waals surface area contributed by atoms with E-state index in [4.69, 9.17) is 10.2 Å². The third-order valence-corrected chi connectivity index (χ3v) is 3.80. The van der Waals surface area contributed by atoms with Gasteiger partial charge in [0.05, 0.1) is 0 Å². The molecule has 96 valence electrons. The average Bonchev–Trinajstić information content (AvgIpc) is 2.78. The van der Waals surface area contributed by atoms with Crippen LogP contribution in [0.15, 0.2) is 22.6 Å². The van der Waals surface area contributed by atoms with E-state index in [0.29, 0.717) is 11.8 Å². The van der Waals surface area contributed by atoms with Crippen LogP contribution in [-0.2, 0) is 0 Å². The number of oxazole rings is 1. The Labute approximate surface area is 107 Å². The van der Waals surface area contributed by atoms with Crippen molar-refractivity contribution in [3.63, 3.8) is 0 Å². The molecule has 0 spiro atoms. The van der Waals surface area contributed by atoms with E-state index < -0.39 is 0 Å². The molecule has 1 aromatic heterocycles. The van der Waals surface area contributed by atoms with Crippen molar-refractivity contribution in [3.8, 4) is 0 Å². The zero-order valence-electron chi connectivity index (χ0n) is 10.6. The Morgan fingerprint density at radius 1 is 1.39 bits per heavy atom. The minimum Gasteiger partial charge on any atom is -0.441 e. The normalized spacial score (nSPS) is 19.2. The summed E-state index contributed by atoms with van der Waals surface area (Å²) in [7, 11) is 0. The molecule has 1 aliphatic heterocycles. The number of benzene rings is 1. The fourth-order valence-electron chi connectivity index (χ4n) is 2.74. The van der Waals surface area contributed by atoms with Gasteiger partial charge in [-0.05, 0) is 49.5 Å². The molecule has 2 aromatic rings. The molecule has 0 amide bonds. The Balaban J connectivity index is 1.88. The van der Waals surface area contributed by atoms with Gasteiger partial charge in [0.15, 0.2) is 11.5 Å². The molecule has 1 fully saturated rings. The third-order valence-electron chi connectivity index (χ3n) is 3.80. The lowest BCUT2D eigenvalue weighted by Crippen LogP contribution is -2.33. The highest BCUT2D eigenvalue weighted by atomic mass is 16.3. The second-order valence-electron chi connectivity index (χ2n) is 5.07. The Hall–Kier alpha value is -1.39. The molecule has 2 heterocycles. The van der Waals surface area contributed by atoms with E-state index in [1.54, 1.807) is 0 Å². The van der Waals surface area contributed by atoms with Crippen molar-refractivity contribution >= 4 is 11.1 Å². The molecule has 1 aliphatic rings. The van der Waals surface area contributed by atoms with Gasteiger partial charge < -0.3 is 15.5 Å². The lowest BCUT2D eigenvalue weighted by molar-refractivity contribution is 0.322. The van der Waals surface area contributed by atoms with Crippen LogP contribution in [0.2, 0.25) is 0 Å². The summed E-state index contributed by atoms with van der Waals surface area (Å²) >= 11 is 0. The van der Waals surface area contributed by atoms with Crippen LogP contribution < -0.4 is 11.1 Å². The first kappa shape index (κ1) is 11.7. The lowest BCUT2D eigenvalue weighted by Gasteiger charge is -2.28. The van der Waals surface area contributed by atoms with Gasteiger partial charge in [-0.2, -0.15) is 0 Å². The van der Waals surface area contributed by atoms with Crippen molar-refractivity contribution < 1.29 is 4.42 Å². The second-order valence-corrected chi connectivity index (χ2v) is 5.07. The second kappa shape index (κ2) is 4.71. The van der Waals surface area contributed by atoms with E-state index in [1.165, 1.54) is 0 Å². The highest BCUT2D eigenvalue weighted by Gasteiger charge is 2.22. The largest absolute Gasteiger partial charge is 0.441 e. The first-order valence-corrected chi connectivity index (χ1v) is 6.57. The number of nitrogens with one attached hydrogen (secondary N) is 1. The van der Waals surface area contributed by atoms with Crippen molar-refractivity contribution in [1.82, 2.24) is 10.3 Å². The number of aryl methyl sites for hydroxylation is 1. The van der Waals surface area contributed by atoms with Crippen LogP contribution in [0.1, 0.15) is 30.3 Å². The van der Waals surface area contributed by atoms with Gasteiger partial charge in [0, 0.05) is 13.0 Å². The molecular weight excluding hydrogens is 226 g/mol. The van der Waals surface area contributed by atoms with Gasteiger partial charge in [-0.1, -0.05) is 6.07 Å². The summed E-state index contributed by atoms with van der Waals surface area (Å²) in [5.41, 5.74) is 9.29. The summed E-state index contributed by atoms with van der Waals surface area (Å²) in [5.74, 6) is 1.27. The van der Waals surface area contributed by atoms with E-state index in [-0.39, 0.29) is 6.04 Å². The van der Waals surface area contributed by atoms with Crippen LogP contribution in [-0.4, -0.2) is 18.1 Å². The highest BCUT2D eigenvalue weighted by Crippen LogP contribution is 2.28. The zero-order chi connectivity index (χ0) is 12.5. The molecule has 1 atom stereocenters. The summed E-state index contributed by atoms with van der Waals surface area (Å²) in [5, 5.41) is 3.37. The molecule has 1 saturated heterocycles. The minimum atomic E-state index is 0.0990. The Bertz CT molecular complexity index is 543. The molecule has 18 heavy (non-hydrogen) atoms. The van der Waals surface area contributed by atoms with E-state index in [2.05, 4.69) is 16.4 Å². The van der Waals surface area contributed by atoms with Crippen LogP contribution >= 0.6 is 0 Å². The average molecular weight is 245 g/mol. The van der Waals surface area contributed by atoms with Gasteiger partial charge in [-0.3, -0.25) is 0 Å². The minimum absolute atomic E-state index is 0.0990. The number of nitrogens with zero attached hydrogens (tertiary/aromatic N) is 1. The van der Waals surface area contributed by atoms with Gasteiger partial charge in [0.25, 0.3) is 0 Å². The number of hydrogen-bond acceptors (Lipinski definition) is 4. The standard InChI is InChI=1S/C14H19N3O/c1-9-17-12-3-2-11(8-13(12)18-9)14(15)10-4-6-16-7-5-10/h2-3,8,10,14,16H,4-7,15H2,1H3. The van der Waals surface area contributed by atoms with Gasteiger partial charge in [0.1, 0.15) is 5.52 Å². The Kier molecular flexibility index (Phi) is 3.06. The smallest absolute Gasteiger partial charge is 0.192 e. The fourth-order valence-corrected chi connectivity index (χ4v) is 2.74. The third kappa shape index (κ3) is 2.13. The molecule has 4 heteroatoms. The molecule has 0 radical (unpaired) electrons. The predicted octanol–water partition coefficient (Wildman–Crippen LogP) is 2.14. The van der Waals surface area contributed by atoms with E-state index in [1.807, 2.05) is 19.1 Å². The number of hydrogen-bond donors (Lipinski definition) is 2. The van der Waals surface area contributed by atoms with Crippen molar-refractivity contribution in [1.29, 1.82) is 0 Å². The molecule has 0 saturated carbocycles. The van der Waals surface area contributed by atoms with Crippen LogP contribution in [0.25, 0.3) is 11.1 Å². The molecule has 4 nitrogen and oxygen atoms in total. The summed E-state index contributed by atoms with van der Waals surface area (Å²) < 4.78 is 5.57. The van der Waals surface area contributed by atoms with Gasteiger partial charge >= 0.3 is 0 Å². The SMILES string of the molecule is Cc1nc2ccc(C(N)C3CCNCC3)cc2o1.